The summed E-state index contributed by atoms with van der Waals surface area (Å²) in [7, 11) is 6.71. The molecule has 0 atom stereocenters. The number of likely N-dealkylation sites (N-methyl/N-ethyl adjacent to an activating group) is 1. The van der Waals surface area contributed by atoms with E-state index < -0.39 is 0 Å². The molecule has 0 saturated heterocycles. The Labute approximate surface area is 221 Å². The third-order valence-corrected chi connectivity index (χ3v) is 5.81. The van der Waals surface area contributed by atoms with Gasteiger partial charge in [0.15, 0.2) is 5.82 Å². The molecule has 0 aromatic carbocycles. The summed E-state index contributed by atoms with van der Waals surface area (Å²) in [6, 6.07) is 0.00804. The SMILES string of the molecule is C=CC(=O)N(C)C1CC(N(C=O)/C=C(/N/C(=C/CC)C(=NC)OC)c2ncc(Cl)n2C)C1.CC.CC. The average molecular weight is 523 g/mol. The van der Waals surface area contributed by atoms with Crippen molar-refractivity contribution in [3.05, 3.63) is 47.8 Å². The third-order valence-electron chi connectivity index (χ3n) is 5.46. The van der Waals surface area contributed by atoms with Crippen LogP contribution in [0.1, 0.15) is 59.7 Å². The zero-order chi connectivity index (χ0) is 27.8. The summed E-state index contributed by atoms with van der Waals surface area (Å²) in [6.45, 7) is 13.5. The molecule has 0 spiro atoms. The van der Waals surface area contributed by atoms with E-state index >= 15 is 0 Å². The zero-order valence-electron chi connectivity index (χ0n) is 23.2. The number of amides is 2. The number of nitrogens with zero attached hydrogens (tertiary/aromatic N) is 5. The topological polar surface area (TPSA) is 92.1 Å². The molecule has 9 nitrogen and oxygen atoms in total. The number of ether oxygens (including phenoxy) is 1. The smallest absolute Gasteiger partial charge is 0.245 e. The van der Waals surface area contributed by atoms with Crippen molar-refractivity contribution in [1.29, 1.82) is 0 Å². The van der Waals surface area contributed by atoms with E-state index in [2.05, 4.69) is 21.9 Å². The Morgan fingerprint density at radius 2 is 1.94 bits per heavy atom. The van der Waals surface area contributed by atoms with E-state index in [4.69, 9.17) is 16.3 Å². The minimum Gasteiger partial charge on any atom is -0.480 e. The first kappa shape index (κ1) is 32.9. The van der Waals surface area contributed by atoms with Crippen LogP contribution in [0, 0.1) is 0 Å². The number of allylic oxidation sites excluding steroid dienone is 1. The Kier molecular flexibility index (Phi) is 15.9. The molecule has 1 aliphatic carbocycles. The summed E-state index contributed by atoms with van der Waals surface area (Å²) in [5, 5.41) is 3.76. The van der Waals surface area contributed by atoms with E-state index in [0.29, 0.717) is 41.1 Å². The molecular formula is C26H43ClN6O3. The molecule has 10 heteroatoms. The Bertz CT molecular complexity index is 932. The molecule has 2 rings (SSSR count). The Hall–Kier alpha value is -3.07. The number of aromatic nitrogens is 2. The van der Waals surface area contributed by atoms with Crippen LogP contribution in [0.3, 0.4) is 0 Å². The molecule has 1 aromatic rings. The number of hydrogen-bond donors (Lipinski definition) is 1. The number of hydrogen-bond acceptors (Lipinski definition) is 6. The molecule has 1 N–H and O–H groups in total. The molecule has 0 unspecified atom stereocenters. The summed E-state index contributed by atoms with van der Waals surface area (Å²) in [5.74, 6) is 0.834. The van der Waals surface area contributed by atoms with Gasteiger partial charge in [-0.25, -0.2) is 4.98 Å². The van der Waals surface area contributed by atoms with Gasteiger partial charge in [-0.1, -0.05) is 58.9 Å². The Morgan fingerprint density at radius 3 is 2.36 bits per heavy atom. The van der Waals surface area contributed by atoms with Crippen LogP contribution in [0.2, 0.25) is 5.15 Å². The first-order valence-corrected chi connectivity index (χ1v) is 12.7. The highest BCUT2D eigenvalue weighted by Gasteiger charge is 2.36. The summed E-state index contributed by atoms with van der Waals surface area (Å²) < 4.78 is 7.09. The second-order valence-corrected chi connectivity index (χ2v) is 7.76. The van der Waals surface area contributed by atoms with Gasteiger partial charge in [-0.2, -0.15) is 0 Å². The molecule has 202 valence electrons. The van der Waals surface area contributed by atoms with Crippen molar-refractivity contribution in [3.63, 3.8) is 0 Å². The lowest BCUT2D eigenvalue weighted by atomic mass is 9.84. The molecule has 1 heterocycles. The van der Waals surface area contributed by atoms with Crippen LogP contribution >= 0.6 is 11.6 Å². The van der Waals surface area contributed by atoms with Crippen molar-refractivity contribution in [2.75, 3.05) is 21.2 Å². The van der Waals surface area contributed by atoms with Gasteiger partial charge in [0.2, 0.25) is 18.2 Å². The maximum atomic E-state index is 12.0. The summed E-state index contributed by atoms with van der Waals surface area (Å²) >= 11 is 6.21. The Balaban J connectivity index is 0.00000291. The molecule has 1 saturated carbocycles. The maximum absolute atomic E-state index is 12.0. The summed E-state index contributed by atoms with van der Waals surface area (Å²) in [4.78, 5) is 35.6. The van der Waals surface area contributed by atoms with Crippen LogP contribution in [0.4, 0.5) is 0 Å². The summed E-state index contributed by atoms with van der Waals surface area (Å²) in [6.07, 6.45) is 9.32. The lowest BCUT2D eigenvalue weighted by Crippen LogP contribution is -2.52. The van der Waals surface area contributed by atoms with Crippen molar-refractivity contribution in [3.8, 4) is 0 Å². The van der Waals surface area contributed by atoms with Gasteiger partial charge < -0.3 is 24.4 Å². The minimum absolute atomic E-state index is 0.0505. The number of rotatable bonds is 10. The zero-order valence-corrected chi connectivity index (χ0v) is 24.0. The van der Waals surface area contributed by atoms with Crippen molar-refractivity contribution < 1.29 is 14.3 Å². The minimum atomic E-state index is -0.132. The number of nitrogens with one attached hydrogen (secondary N) is 1. The fourth-order valence-corrected chi connectivity index (χ4v) is 3.59. The number of carbonyl (C=O) groups is 2. The van der Waals surface area contributed by atoms with Crippen molar-refractivity contribution >= 4 is 35.5 Å². The predicted octanol–water partition coefficient (Wildman–Crippen LogP) is 4.62. The highest BCUT2D eigenvalue weighted by atomic mass is 35.5. The monoisotopic (exact) mass is 522 g/mol. The molecule has 2 amide bonds. The van der Waals surface area contributed by atoms with Crippen molar-refractivity contribution in [2.24, 2.45) is 12.0 Å². The molecule has 1 aromatic heterocycles. The van der Waals surface area contributed by atoms with E-state index in [1.54, 1.807) is 55.0 Å². The lowest BCUT2D eigenvalue weighted by molar-refractivity contribution is -0.130. The molecule has 1 fully saturated rings. The fourth-order valence-electron chi connectivity index (χ4n) is 3.46. The number of aliphatic imine (C=N–C) groups is 1. The highest BCUT2D eigenvalue weighted by Crippen LogP contribution is 2.30. The van der Waals surface area contributed by atoms with Gasteiger partial charge in [0.05, 0.1) is 24.7 Å². The normalized spacial score (nSPS) is 17.3. The van der Waals surface area contributed by atoms with Crippen LogP contribution in [0.25, 0.3) is 5.70 Å². The molecule has 36 heavy (non-hydrogen) atoms. The average Bonchev–Trinajstić information content (AvgIpc) is 3.22. The quantitative estimate of drug-likeness (QED) is 0.209. The van der Waals surface area contributed by atoms with Crippen LogP contribution < -0.4 is 5.32 Å². The van der Waals surface area contributed by atoms with Gasteiger partial charge in [-0.15, -0.1) is 0 Å². The van der Waals surface area contributed by atoms with E-state index in [9.17, 15) is 9.59 Å². The molecular weight excluding hydrogens is 480 g/mol. The van der Waals surface area contributed by atoms with Gasteiger partial charge in [0.1, 0.15) is 5.15 Å². The van der Waals surface area contributed by atoms with Gasteiger partial charge in [-0.05, 0) is 25.3 Å². The molecule has 1 aliphatic rings. The second kappa shape index (κ2) is 17.4. The third kappa shape index (κ3) is 8.55. The highest BCUT2D eigenvalue weighted by molar-refractivity contribution is 6.29. The van der Waals surface area contributed by atoms with E-state index in [0.717, 1.165) is 12.8 Å². The number of methoxy groups -OCH3 is 1. The first-order chi connectivity index (χ1) is 17.3. The van der Waals surface area contributed by atoms with Crippen LogP contribution in [-0.4, -0.2) is 70.9 Å². The van der Waals surface area contributed by atoms with Gasteiger partial charge in [0, 0.05) is 39.4 Å². The van der Waals surface area contributed by atoms with Crippen LogP contribution in [-0.2, 0) is 21.4 Å². The van der Waals surface area contributed by atoms with E-state index in [1.807, 2.05) is 40.7 Å². The Morgan fingerprint density at radius 1 is 1.33 bits per heavy atom. The van der Waals surface area contributed by atoms with E-state index in [-0.39, 0.29) is 18.0 Å². The molecule has 0 radical (unpaired) electrons. The number of carbonyl (C=O) groups excluding carboxylic acids is 2. The van der Waals surface area contributed by atoms with Crippen molar-refractivity contribution in [2.45, 2.75) is 66.0 Å². The molecule has 0 aliphatic heterocycles. The van der Waals surface area contributed by atoms with Gasteiger partial charge in [0.25, 0.3) is 0 Å². The molecule has 0 bridgehead atoms. The summed E-state index contributed by atoms with van der Waals surface area (Å²) in [5.41, 5.74) is 1.21. The lowest BCUT2D eigenvalue weighted by Gasteiger charge is -2.44. The second-order valence-electron chi connectivity index (χ2n) is 7.38. The van der Waals surface area contributed by atoms with Gasteiger partial charge in [-0.3, -0.25) is 14.6 Å². The predicted molar refractivity (Wildman–Crippen MR) is 148 cm³/mol. The largest absolute Gasteiger partial charge is 0.480 e. The maximum Gasteiger partial charge on any atom is 0.245 e. The van der Waals surface area contributed by atoms with E-state index in [1.165, 1.54) is 6.08 Å². The first-order valence-electron chi connectivity index (χ1n) is 12.3. The standard InChI is InChI=1S/C22H31ClN6O3.2C2H6/c1-7-9-17(22(24-3)32-6)26-18(21-25-12-19(23)28(21)5)13-29(14-30)16-10-15(11-16)27(4)20(31)8-2;2*1-2/h8-9,12-16,26H,2,7,10-11H2,1,3-6H3;2*1-2H3/b17-9+,18-13+,24-22?;;. The number of halogens is 1. The van der Waals surface area contributed by atoms with Gasteiger partial charge >= 0.3 is 0 Å². The fraction of sp³-hybridized carbons (Fsp3) is 0.538. The van der Waals surface area contributed by atoms with Crippen molar-refractivity contribution in [1.82, 2.24) is 24.7 Å². The number of imidazole rings is 1. The van der Waals surface area contributed by atoms with Crippen LogP contribution in [0.15, 0.2) is 41.8 Å². The van der Waals surface area contributed by atoms with Crippen LogP contribution in [0.5, 0.6) is 0 Å².